The third-order valence-electron chi connectivity index (χ3n) is 1.49. The van der Waals surface area contributed by atoms with Crippen molar-refractivity contribution in [3.8, 4) is 11.8 Å². The maximum atomic E-state index is 12.4. The quantitative estimate of drug-likeness (QED) is 0.731. The van der Waals surface area contributed by atoms with Gasteiger partial charge in [0, 0.05) is 0 Å². The number of hydrogen-bond donors (Lipinski definition) is 0. The van der Waals surface area contributed by atoms with Crippen LogP contribution in [0.5, 0.6) is 5.75 Å². The number of ether oxygens (including phenoxy) is 1. The van der Waals surface area contributed by atoms with Gasteiger partial charge in [0.25, 0.3) is 0 Å². The molecule has 1 rings (SSSR count). The number of rotatable bonds is 4. The summed E-state index contributed by atoms with van der Waals surface area (Å²) in [6, 6.07) is 7.05. The number of Topliss-reactive ketones (excluding diaryl/α,β-unsaturated/α-hetero) is 1. The van der Waals surface area contributed by atoms with Gasteiger partial charge in [-0.25, -0.2) is 4.39 Å². The first-order valence-electron chi connectivity index (χ1n) is 3.99. The molecule has 72 valence electrons. The normalized spacial score (nSPS) is 9.14. The van der Waals surface area contributed by atoms with Crippen LogP contribution >= 0.6 is 0 Å². The van der Waals surface area contributed by atoms with Crippen LogP contribution in [0.4, 0.5) is 4.39 Å². The van der Waals surface area contributed by atoms with Crippen molar-refractivity contribution in [1.82, 2.24) is 0 Å². The molecule has 14 heavy (non-hydrogen) atoms. The second-order valence-electron chi connectivity index (χ2n) is 2.62. The molecule has 0 saturated heterocycles. The van der Waals surface area contributed by atoms with Gasteiger partial charge >= 0.3 is 0 Å². The molecule has 0 saturated carbocycles. The van der Waals surface area contributed by atoms with E-state index in [-0.39, 0.29) is 24.6 Å². The van der Waals surface area contributed by atoms with Crippen molar-refractivity contribution in [1.29, 1.82) is 5.26 Å². The monoisotopic (exact) mass is 193 g/mol. The van der Waals surface area contributed by atoms with E-state index in [2.05, 4.69) is 0 Å². The van der Waals surface area contributed by atoms with E-state index in [4.69, 9.17) is 10.00 Å². The zero-order chi connectivity index (χ0) is 10.4. The summed E-state index contributed by atoms with van der Waals surface area (Å²) in [5.41, 5.74) is 0. The molecule has 0 spiro atoms. The molecule has 1 aromatic carbocycles. The van der Waals surface area contributed by atoms with Crippen molar-refractivity contribution < 1.29 is 13.9 Å². The van der Waals surface area contributed by atoms with Gasteiger partial charge in [-0.3, -0.25) is 4.79 Å². The lowest BCUT2D eigenvalue weighted by Crippen LogP contribution is -2.09. The van der Waals surface area contributed by atoms with Crippen LogP contribution < -0.4 is 4.74 Å². The molecule has 0 aliphatic heterocycles. The lowest BCUT2D eigenvalue weighted by atomic mass is 10.3. The highest BCUT2D eigenvalue weighted by atomic mass is 19.1. The molecule has 3 nitrogen and oxygen atoms in total. The predicted octanol–water partition coefficient (Wildman–Crippen LogP) is 1.69. The molecule has 0 bridgehead atoms. The maximum Gasteiger partial charge on any atom is 0.184 e. The van der Waals surface area contributed by atoms with Gasteiger partial charge in [-0.05, 0) is 24.3 Å². The number of nitrogens with zero attached hydrogens (tertiary/aromatic N) is 1. The molecule has 0 N–H and O–H groups in total. The van der Waals surface area contributed by atoms with Gasteiger partial charge in [0.05, 0.1) is 12.5 Å². The summed E-state index contributed by atoms with van der Waals surface area (Å²) in [7, 11) is 0. The number of carbonyl (C=O) groups excluding carboxylic acids is 1. The van der Waals surface area contributed by atoms with E-state index < -0.39 is 0 Å². The maximum absolute atomic E-state index is 12.4. The Morgan fingerprint density at radius 2 is 2.07 bits per heavy atom. The Morgan fingerprint density at radius 1 is 1.43 bits per heavy atom. The Bertz CT molecular complexity index is 353. The fourth-order valence-corrected chi connectivity index (χ4v) is 0.834. The molecule has 0 aliphatic carbocycles. The number of nitriles is 1. The third kappa shape index (κ3) is 3.23. The fourth-order valence-electron chi connectivity index (χ4n) is 0.834. The van der Waals surface area contributed by atoms with Gasteiger partial charge in [0.15, 0.2) is 5.78 Å². The van der Waals surface area contributed by atoms with Crippen LogP contribution in [0.25, 0.3) is 0 Å². The van der Waals surface area contributed by atoms with Gasteiger partial charge in [0.1, 0.15) is 18.2 Å². The fraction of sp³-hybridized carbons (Fsp3) is 0.200. The lowest BCUT2D eigenvalue weighted by Gasteiger charge is -2.02. The number of carbonyl (C=O) groups is 1. The Hall–Kier alpha value is -1.89. The highest BCUT2D eigenvalue weighted by molar-refractivity contribution is 5.81. The molecule has 4 heteroatoms. The van der Waals surface area contributed by atoms with E-state index in [1.807, 2.05) is 0 Å². The van der Waals surface area contributed by atoms with Crippen molar-refractivity contribution in [2.24, 2.45) is 0 Å². The van der Waals surface area contributed by atoms with Crippen LogP contribution in [0.15, 0.2) is 24.3 Å². The van der Waals surface area contributed by atoms with Crippen molar-refractivity contribution in [3.05, 3.63) is 30.1 Å². The van der Waals surface area contributed by atoms with Gasteiger partial charge < -0.3 is 4.74 Å². The first-order valence-corrected chi connectivity index (χ1v) is 3.99. The molecular formula is C10H8FNO2. The molecule has 0 aromatic heterocycles. The summed E-state index contributed by atoms with van der Waals surface area (Å²) in [4.78, 5) is 10.9. The number of hydrogen-bond acceptors (Lipinski definition) is 3. The minimum atomic E-state index is -0.360. The predicted molar refractivity (Wildman–Crippen MR) is 47.1 cm³/mol. The average Bonchev–Trinajstić information content (AvgIpc) is 2.17. The van der Waals surface area contributed by atoms with E-state index in [0.29, 0.717) is 5.75 Å². The first kappa shape index (κ1) is 10.2. The van der Waals surface area contributed by atoms with Crippen LogP contribution in [-0.4, -0.2) is 12.4 Å². The van der Waals surface area contributed by atoms with Crippen LogP contribution in [0.2, 0.25) is 0 Å². The van der Waals surface area contributed by atoms with Crippen LogP contribution in [0.1, 0.15) is 6.42 Å². The van der Waals surface area contributed by atoms with Crippen molar-refractivity contribution in [2.75, 3.05) is 6.61 Å². The highest BCUT2D eigenvalue weighted by Gasteiger charge is 2.01. The zero-order valence-electron chi connectivity index (χ0n) is 7.37. The second kappa shape index (κ2) is 4.97. The third-order valence-corrected chi connectivity index (χ3v) is 1.49. The number of ketones is 1. The molecular weight excluding hydrogens is 185 g/mol. The molecule has 0 radical (unpaired) electrons. The van der Waals surface area contributed by atoms with Crippen molar-refractivity contribution in [3.63, 3.8) is 0 Å². The largest absolute Gasteiger partial charge is 0.486 e. The van der Waals surface area contributed by atoms with E-state index >= 15 is 0 Å². The summed E-state index contributed by atoms with van der Waals surface area (Å²) in [5, 5.41) is 8.19. The summed E-state index contributed by atoms with van der Waals surface area (Å²) >= 11 is 0. The Kier molecular flexibility index (Phi) is 3.62. The molecule has 0 aliphatic rings. The van der Waals surface area contributed by atoms with E-state index in [1.165, 1.54) is 24.3 Å². The second-order valence-corrected chi connectivity index (χ2v) is 2.62. The molecule has 0 amide bonds. The topological polar surface area (TPSA) is 50.1 Å². The van der Waals surface area contributed by atoms with Gasteiger partial charge in [-0.1, -0.05) is 0 Å². The number of halogens is 1. The molecule has 0 heterocycles. The van der Waals surface area contributed by atoms with Crippen LogP contribution in [0.3, 0.4) is 0 Å². The van der Waals surface area contributed by atoms with Crippen molar-refractivity contribution in [2.45, 2.75) is 6.42 Å². The van der Waals surface area contributed by atoms with E-state index in [0.717, 1.165) is 0 Å². The molecule has 0 unspecified atom stereocenters. The van der Waals surface area contributed by atoms with Gasteiger partial charge in [0.2, 0.25) is 0 Å². The summed E-state index contributed by atoms with van der Waals surface area (Å²) in [6.07, 6.45) is -0.165. The van der Waals surface area contributed by atoms with Gasteiger partial charge in [-0.2, -0.15) is 5.26 Å². The molecule has 1 aromatic rings. The minimum Gasteiger partial charge on any atom is -0.486 e. The standard InChI is InChI=1S/C10H8FNO2/c11-8-1-3-10(4-2-8)14-7-9(13)5-6-12/h1-4H,5,7H2. The Labute approximate surface area is 80.7 Å². The first-order chi connectivity index (χ1) is 6.72. The zero-order valence-corrected chi connectivity index (χ0v) is 7.37. The summed E-state index contributed by atoms with van der Waals surface area (Å²) in [6.45, 7) is -0.154. The lowest BCUT2D eigenvalue weighted by molar-refractivity contribution is -0.120. The smallest absolute Gasteiger partial charge is 0.184 e. The Balaban J connectivity index is 2.43. The highest BCUT2D eigenvalue weighted by Crippen LogP contribution is 2.10. The Morgan fingerprint density at radius 3 is 2.64 bits per heavy atom. The van der Waals surface area contributed by atoms with Crippen molar-refractivity contribution >= 4 is 5.78 Å². The minimum absolute atomic E-state index is 0.154. The van der Waals surface area contributed by atoms with Crippen LogP contribution in [0, 0.1) is 17.1 Å². The van der Waals surface area contributed by atoms with Crippen LogP contribution in [-0.2, 0) is 4.79 Å². The van der Waals surface area contributed by atoms with E-state index in [1.54, 1.807) is 6.07 Å². The summed E-state index contributed by atoms with van der Waals surface area (Å²) in [5.74, 6) is -0.241. The number of benzene rings is 1. The molecule has 0 atom stereocenters. The van der Waals surface area contributed by atoms with Gasteiger partial charge in [-0.15, -0.1) is 0 Å². The molecule has 0 fully saturated rings. The SMILES string of the molecule is N#CCC(=O)COc1ccc(F)cc1. The summed E-state index contributed by atoms with van der Waals surface area (Å²) < 4.78 is 17.4. The van der Waals surface area contributed by atoms with E-state index in [9.17, 15) is 9.18 Å². The average molecular weight is 193 g/mol.